The van der Waals surface area contributed by atoms with Gasteiger partial charge in [0.2, 0.25) is 0 Å². The van der Waals surface area contributed by atoms with Crippen LogP contribution in [0.4, 0.5) is 0 Å². The predicted molar refractivity (Wildman–Crippen MR) is 59.3 cm³/mol. The van der Waals surface area contributed by atoms with Crippen LogP contribution in [0.1, 0.15) is 11.1 Å². The third-order valence-electron chi connectivity index (χ3n) is 3.04. The highest BCUT2D eigenvalue weighted by molar-refractivity contribution is 5.83. The van der Waals surface area contributed by atoms with Crippen LogP contribution in [0.3, 0.4) is 0 Å². The van der Waals surface area contributed by atoms with Gasteiger partial charge >= 0.3 is 5.97 Å². The predicted octanol–water partition coefficient (Wildman–Crippen LogP) is 0.664. The van der Waals surface area contributed by atoms with E-state index < -0.39 is 5.54 Å². The monoisotopic (exact) mass is 221 g/mol. The van der Waals surface area contributed by atoms with Crippen molar-refractivity contribution in [3.05, 3.63) is 29.3 Å². The molecule has 1 aromatic carbocycles. The first kappa shape index (κ1) is 11.0. The first-order valence-corrected chi connectivity index (χ1v) is 5.13. The summed E-state index contributed by atoms with van der Waals surface area (Å²) in [5.74, 6) is 0.416. The normalized spacial score (nSPS) is 22.7. The molecule has 1 aliphatic carbocycles. The maximum Gasteiger partial charge on any atom is 0.326 e. The van der Waals surface area contributed by atoms with Gasteiger partial charge in [0.15, 0.2) is 0 Å². The molecule has 0 spiro atoms. The summed E-state index contributed by atoms with van der Waals surface area (Å²) in [6, 6.07) is 5.75. The van der Waals surface area contributed by atoms with Crippen molar-refractivity contribution >= 4 is 5.97 Å². The Morgan fingerprint density at radius 2 is 2.12 bits per heavy atom. The van der Waals surface area contributed by atoms with Gasteiger partial charge in [-0.15, -0.1) is 0 Å². The van der Waals surface area contributed by atoms with Crippen LogP contribution in [0.15, 0.2) is 18.2 Å². The van der Waals surface area contributed by atoms with Crippen molar-refractivity contribution in [3.8, 4) is 5.75 Å². The van der Waals surface area contributed by atoms with Crippen LogP contribution >= 0.6 is 0 Å². The number of hydrogen-bond acceptors (Lipinski definition) is 4. The molecule has 4 heteroatoms. The Morgan fingerprint density at radius 1 is 1.38 bits per heavy atom. The summed E-state index contributed by atoms with van der Waals surface area (Å²) < 4.78 is 9.99. The molecule has 0 radical (unpaired) electrons. The number of methoxy groups -OCH3 is 2. The first-order chi connectivity index (χ1) is 7.60. The van der Waals surface area contributed by atoms with Gasteiger partial charge in [0, 0.05) is 12.8 Å². The summed E-state index contributed by atoms with van der Waals surface area (Å²) >= 11 is 0. The Morgan fingerprint density at radius 3 is 2.75 bits per heavy atom. The van der Waals surface area contributed by atoms with Crippen LogP contribution < -0.4 is 10.5 Å². The molecule has 0 amide bonds. The van der Waals surface area contributed by atoms with Gasteiger partial charge in [-0.3, -0.25) is 4.79 Å². The van der Waals surface area contributed by atoms with Crippen LogP contribution in [-0.2, 0) is 22.4 Å². The highest BCUT2D eigenvalue weighted by atomic mass is 16.5. The molecule has 86 valence electrons. The van der Waals surface area contributed by atoms with Crippen molar-refractivity contribution in [2.24, 2.45) is 5.73 Å². The number of esters is 1. The molecule has 0 saturated carbocycles. The third-order valence-corrected chi connectivity index (χ3v) is 3.04. The number of fused-ring (bicyclic) bond motifs is 1. The molecule has 0 aliphatic heterocycles. The van der Waals surface area contributed by atoms with Gasteiger partial charge in [0.05, 0.1) is 14.2 Å². The molecule has 1 aromatic rings. The summed E-state index contributed by atoms with van der Waals surface area (Å²) in [6.07, 6.45) is 0.977. The van der Waals surface area contributed by atoms with E-state index in [1.807, 2.05) is 18.2 Å². The summed E-state index contributed by atoms with van der Waals surface area (Å²) in [7, 11) is 2.97. The van der Waals surface area contributed by atoms with E-state index in [1.165, 1.54) is 7.11 Å². The van der Waals surface area contributed by atoms with E-state index in [9.17, 15) is 4.79 Å². The molecule has 1 atom stereocenters. The molecule has 1 unspecified atom stereocenters. The Labute approximate surface area is 94.3 Å². The maximum atomic E-state index is 11.6. The van der Waals surface area contributed by atoms with Crippen molar-refractivity contribution in [2.75, 3.05) is 14.2 Å². The van der Waals surface area contributed by atoms with Gasteiger partial charge < -0.3 is 15.2 Å². The molecule has 16 heavy (non-hydrogen) atoms. The van der Waals surface area contributed by atoms with E-state index in [0.717, 1.165) is 16.9 Å². The Hall–Kier alpha value is -1.55. The zero-order valence-corrected chi connectivity index (χ0v) is 9.45. The molecule has 0 fully saturated rings. The summed E-state index contributed by atoms with van der Waals surface area (Å²) in [5.41, 5.74) is 7.19. The van der Waals surface area contributed by atoms with Crippen LogP contribution in [0.5, 0.6) is 5.75 Å². The number of rotatable bonds is 2. The molecule has 2 N–H and O–H groups in total. The highest BCUT2D eigenvalue weighted by Gasteiger charge is 2.42. The molecule has 0 aromatic heterocycles. The molecule has 0 heterocycles. The van der Waals surface area contributed by atoms with E-state index in [0.29, 0.717) is 12.8 Å². The van der Waals surface area contributed by atoms with Gasteiger partial charge in [0.25, 0.3) is 0 Å². The third kappa shape index (κ3) is 1.55. The van der Waals surface area contributed by atoms with Gasteiger partial charge in [-0.2, -0.15) is 0 Å². The lowest BCUT2D eigenvalue weighted by Gasteiger charge is -2.19. The zero-order chi connectivity index (χ0) is 11.8. The number of hydrogen-bond donors (Lipinski definition) is 1. The molecule has 4 nitrogen and oxygen atoms in total. The van der Waals surface area contributed by atoms with Crippen LogP contribution in [0.25, 0.3) is 0 Å². The second-order valence-corrected chi connectivity index (χ2v) is 4.10. The van der Waals surface area contributed by atoms with E-state index >= 15 is 0 Å². The summed E-state index contributed by atoms with van der Waals surface area (Å²) in [4.78, 5) is 11.6. The van der Waals surface area contributed by atoms with Crippen molar-refractivity contribution in [1.29, 1.82) is 0 Å². The lowest BCUT2D eigenvalue weighted by atomic mass is 9.97. The van der Waals surface area contributed by atoms with Crippen molar-refractivity contribution in [3.63, 3.8) is 0 Å². The Bertz CT molecular complexity index is 430. The molecule has 2 rings (SSSR count). The SMILES string of the molecule is COC(=O)C1(N)Cc2cccc(OC)c2C1. The van der Waals surface area contributed by atoms with E-state index in [1.54, 1.807) is 7.11 Å². The second-order valence-electron chi connectivity index (χ2n) is 4.10. The average Bonchev–Trinajstić information content (AvgIpc) is 2.65. The van der Waals surface area contributed by atoms with Crippen molar-refractivity contribution in [1.82, 2.24) is 0 Å². The van der Waals surface area contributed by atoms with Crippen LogP contribution in [0, 0.1) is 0 Å². The summed E-state index contributed by atoms with van der Waals surface area (Å²) in [5, 5.41) is 0. The molecule has 0 bridgehead atoms. The highest BCUT2D eigenvalue weighted by Crippen LogP contribution is 2.35. The van der Waals surface area contributed by atoms with Gasteiger partial charge in [0.1, 0.15) is 11.3 Å². The summed E-state index contributed by atoms with van der Waals surface area (Å²) in [6.45, 7) is 0. The number of ether oxygens (including phenoxy) is 2. The van der Waals surface area contributed by atoms with Crippen LogP contribution in [-0.4, -0.2) is 25.7 Å². The molecule has 1 aliphatic rings. The average molecular weight is 221 g/mol. The lowest BCUT2D eigenvalue weighted by Crippen LogP contribution is -2.49. The number of nitrogens with two attached hydrogens (primary N) is 1. The van der Waals surface area contributed by atoms with E-state index in [4.69, 9.17) is 15.2 Å². The molecular weight excluding hydrogens is 206 g/mol. The minimum atomic E-state index is -0.939. The maximum absolute atomic E-state index is 11.6. The van der Waals surface area contributed by atoms with Crippen molar-refractivity contribution in [2.45, 2.75) is 18.4 Å². The fourth-order valence-corrected chi connectivity index (χ4v) is 2.23. The van der Waals surface area contributed by atoms with E-state index in [2.05, 4.69) is 0 Å². The molecule has 0 saturated heterocycles. The van der Waals surface area contributed by atoms with E-state index in [-0.39, 0.29) is 5.97 Å². The number of carbonyl (C=O) groups excluding carboxylic acids is 1. The minimum absolute atomic E-state index is 0.370. The van der Waals surface area contributed by atoms with Gasteiger partial charge in [-0.25, -0.2) is 0 Å². The fourth-order valence-electron chi connectivity index (χ4n) is 2.23. The second kappa shape index (κ2) is 3.79. The quantitative estimate of drug-likeness (QED) is 0.745. The number of carbonyl (C=O) groups is 1. The van der Waals surface area contributed by atoms with Gasteiger partial charge in [-0.05, 0) is 17.2 Å². The fraction of sp³-hybridized carbons (Fsp3) is 0.417. The van der Waals surface area contributed by atoms with Gasteiger partial charge in [-0.1, -0.05) is 12.1 Å². The number of benzene rings is 1. The smallest absolute Gasteiger partial charge is 0.326 e. The topological polar surface area (TPSA) is 61.5 Å². The lowest BCUT2D eigenvalue weighted by molar-refractivity contribution is -0.146. The van der Waals surface area contributed by atoms with Crippen LogP contribution in [0.2, 0.25) is 0 Å². The molecular formula is C12H15NO3. The Kier molecular flexibility index (Phi) is 2.59. The zero-order valence-electron chi connectivity index (χ0n) is 9.45. The largest absolute Gasteiger partial charge is 0.496 e. The van der Waals surface area contributed by atoms with Crippen molar-refractivity contribution < 1.29 is 14.3 Å². The minimum Gasteiger partial charge on any atom is -0.496 e. The standard InChI is InChI=1S/C12H15NO3/c1-15-10-5-3-4-8-6-12(13,7-9(8)10)11(14)16-2/h3-5H,6-7,13H2,1-2H3. The Balaban J connectivity index is 2.37. The first-order valence-electron chi connectivity index (χ1n) is 5.13.